The Morgan fingerprint density at radius 1 is 1.26 bits per heavy atom. The average molecular weight is 516 g/mol. The lowest BCUT2D eigenvalue weighted by molar-refractivity contribution is -0.192. The first-order valence-corrected chi connectivity index (χ1v) is 11.9. The lowest BCUT2D eigenvalue weighted by Crippen LogP contribution is -2.41. The van der Waals surface area contributed by atoms with Gasteiger partial charge in [0.25, 0.3) is 0 Å². The van der Waals surface area contributed by atoms with E-state index in [1.165, 1.54) is 0 Å². The number of hydrogen-bond donors (Lipinski definition) is 1. The van der Waals surface area contributed by atoms with Crippen molar-refractivity contribution in [1.29, 1.82) is 0 Å². The zero-order valence-electron chi connectivity index (χ0n) is 17.7. The molecule has 34 heavy (non-hydrogen) atoms. The summed E-state index contributed by atoms with van der Waals surface area (Å²) in [4.78, 5) is 40.0. The van der Waals surface area contributed by atoms with Crippen LogP contribution in [0.25, 0.3) is 10.2 Å². The van der Waals surface area contributed by atoms with Crippen LogP contribution in [-0.4, -0.2) is 75.9 Å². The molecular formula is C20H20F3N5O4S2. The summed E-state index contributed by atoms with van der Waals surface area (Å²) in [5, 5.41) is 9.17. The third-order valence-corrected chi connectivity index (χ3v) is 7.11. The predicted octanol–water partition coefficient (Wildman–Crippen LogP) is 3.04. The van der Waals surface area contributed by atoms with Gasteiger partial charge in [0.1, 0.15) is 12.1 Å². The van der Waals surface area contributed by atoms with Crippen LogP contribution < -0.4 is 4.90 Å². The summed E-state index contributed by atoms with van der Waals surface area (Å²) < 4.78 is 38.8. The van der Waals surface area contributed by atoms with Gasteiger partial charge in [-0.3, -0.25) is 9.78 Å². The number of thiophene rings is 1. The molecular weight excluding hydrogens is 495 g/mol. The summed E-state index contributed by atoms with van der Waals surface area (Å²) in [6.45, 7) is 4.12. The Labute approximate surface area is 199 Å². The van der Waals surface area contributed by atoms with Crippen LogP contribution in [0.2, 0.25) is 0 Å². The number of anilines is 1. The van der Waals surface area contributed by atoms with Gasteiger partial charge in [-0.1, -0.05) is 0 Å². The molecule has 2 saturated heterocycles. The van der Waals surface area contributed by atoms with E-state index in [4.69, 9.17) is 14.6 Å². The molecule has 0 aliphatic carbocycles. The molecule has 1 atom stereocenters. The highest BCUT2D eigenvalue weighted by molar-refractivity contribution is 7.17. The van der Waals surface area contributed by atoms with E-state index in [1.54, 1.807) is 29.0 Å². The Hall–Kier alpha value is -2.84. The van der Waals surface area contributed by atoms with Gasteiger partial charge in [-0.25, -0.2) is 14.8 Å². The Morgan fingerprint density at radius 3 is 2.76 bits per heavy atom. The Balaban J connectivity index is 0.000000344. The number of ether oxygens (including phenoxy) is 1. The number of amides is 1. The topological polar surface area (TPSA) is 109 Å². The second kappa shape index (κ2) is 9.80. The number of rotatable bonds is 3. The van der Waals surface area contributed by atoms with Crippen molar-refractivity contribution in [2.45, 2.75) is 19.1 Å². The SMILES string of the molecule is O=C(O)C(F)(F)F.O=C1CC2(COCCN(c3ncnc4ccsc34)C2)CN1Cc1cncs1. The molecule has 1 amide bonds. The summed E-state index contributed by atoms with van der Waals surface area (Å²) in [6, 6.07) is 2.02. The molecule has 5 heterocycles. The fourth-order valence-electron chi connectivity index (χ4n) is 4.01. The van der Waals surface area contributed by atoms with Gasteiger partial charge in [0.2, 0.25) is 5.91 Å². The maximum Gasteiger partial charge on any atom is 0.490 e. The van der Waals surface area contributed by atoms with Crippen LogP contribution in [0.4, 0.5) is 19.0 Å². The molecule has 2 aliphatic rings. The second-order valence-corrected chi connectivity index (χ2v) is 9.89. The predicted molar refractivity (Wildman–Crippen MR) is 119 cm³/mol. The number of carboxylic acids is 1. The van der Waals surface area contributed by atoms with Crippen molar-refractivity contribution < 1.29 is 32.6 Å². The Kier molecular flexibility index (Phi) is 7.00. The number of hydrogen-bond acceptors (Lipinski definition) is 9. The molecule has 2 aliphatic heterocycles. The molecule has 0 bridgehead atoms. The van der Waals surface area contributed by atoms with Crippen LogP contribution in [0, 0.1) is 5.41 Å². The van der Waals surface area contributed by atoms with E-state index in [0.29, 0.717) is 32.7 Å². The number of nitrogens with zero attached hydrogens (tertiary/aromatic N) is 5. The number of aromatic nitrogens is 3. The van der Waals surface area contributed by atoms with Gasteiger partial charge in [-0.2, -0.15) is 13.2 Å². The number of carboxylic acid groups (broad SMARTS) is 1. The average Bonchev–Trinajstić information content (AvgIpc) is 3.49. The largest absolute Gasteiger partial charge is 0.490 e. The molecule has 1 N–H and O–H groups in total. The molecule has 3 aromatic rings. The first-order valence-electron chi connectivity index (χ1n) is 10.1. The molecule has 5 rings (SSSR count). The number of likely N-dealkylation sites (tertiary alicyclic amines) is 1. The van der Waals surface area contributed by atoms with E-state index in [-0.39, 0.29) is 11.3 Å². The summed E-state index contributed by atoms with van der Waals surface area (Å²) in [5.41, 5.74) is 2.58. The number of carbonyl (C=O) groups is 2. The highest BCUT2D eigenvalue weighted by Crippen LogP contribution is 2.38. The number of thiazole rings is 1. The van der Waals surface area contributed by atoms with Gasteiger partial charge in [-0.15, -0.1) is 22.7 Å². The number of halogens is 3. The molecule has 0 saturated carbocycles. The molecule has 3 aromatic heterocycles. The minimum absolute atomic E-state index is 0.192. The maximum atomic E-state index is 12.7. The fourth-order valence-corrected chi connectivity index (χ4v) is 5.48. The molecule has 1 unspecified atom stereocenters. The minimum Gasteiger partial charge on any atom is -0.475 e. The number of alkyl halides is 3. The van der Waals surface area contributed by atoms with E-state index in [1.807, 2.05) is 28.1 Å². The monoisotopic (exact) mass is 515 g/mol. The van der Waals surface area contributed by atoms with E-state index >= 15 is 0 Å². The standard InChI is InChI=1S/C18H19N5O2S2.C2HF3O2/c24-15-5-18(9-23(15)7-13-6-19-12-27-13)8-22(2-3-25-10-18)17-16-14(1-4-26-16)20-11-21-17;3-2(4,5)1(6)7/h1,4,6,11-12H,2-3,5,7-10H2;(H,6,7). The van der Waals surface area contributed by atoms with E-state index < -0.39 is 12.1 Å². The van der Waals surface area contributed by atoms with E-state index in [2.05, 4.69) is 19.9 Å². The first-order chi connectivity index (χ1) is 16.2. The summed E-state index contributed by atoms with van der Waals surface area (Å²) in [5.74, 6) is -1.61. The zero-order valence-corrected chi connectivity index (χ0v) is 19.3. The van der Waals surface area contributed by atoms with Gasteiger partial charge < -0.3 is 19.6 Å². The van der Waals surface area contributed by atoms with Crippen molar-refractivity contribution >= 4 is 50.6 Å². The Morgan fingerprint density at radius 2 is 2.06 bits per heavy atom. The fraction of sp³-hybridized carbons (Fsp3) is 0.450. The highest BCUT2D eigenvalue weighted by atomic mass is 32.1. The third-order valence-electron chi connectivity index (χ3n) is 5.44. The third kappa shape index (κ3) is 5.45. The van der Waals surface area contributed by atoms with Crippen LogP contribution >= 0.6 is 22.7 Å². The van der Waals surface area contributed by atoms with Crippen LogP contribution in [0.3, 0.4) is 0 Å². The lowest BCUT2D eigenvalue weighted by Gasteiger charge is -2.32. The summed E-state index contributed by atoms with van der Waals surface area (Å²) in [7, 11) is 0. The minimum atomic E-state index is -5.08. The van der Waals surface area contributed by atoms with Crippen molar-refractivity contribution in [2.24, 2.45) is 5.41 Å². The summed E-state index contributed by atoms with van der Waals surface area (Å²) in [6.07, 6.45) is -1.10. The molecule has 1 spiro atoms. The van der Waals surface area contributed by atoms with Crippen molar-refractivity contribution in [3.05, 3.63) is 34.4 Å². The smallest absolute Gasteiger partial charge is 0.475 e. The molecule has 9 nitrogen and oxygen atoms in total. The molecule has 0 radical (unpaired) electrons. The molecule has 0 aromatic carbocycles. The number of fused-ring (bicyclic) bond motifs is 1. The van der Waals surface area contributed by atoms with Crippen molar-refractivity contribution in [3.63, 3.8) is 0 Å². The van der Waals surface area contributed by atoms with Gasteiger partial charge in [0.15, 0.2) is 0 Å². The highest BCUT2D eigenvalue weighted by Gasteiger charge is 2.46. The Bertz CT molecular complexity index is 1160. The quantitative estimate of drug-likeness (QED) is 0.567. The van der Waals surface area contributed by atoms with E-state index in [0.717, 1.165) is 34.0 Å². The number of carbonyl (C=O) groups excluding carboxylic acids is 1. The van der Waals surface area contributed by atoms with Gasteiger partial charge in [0.05, 0.1) is 35.5 Å². The first kappa shape index (κ1) is 24.3. The molecule has 14 heteroatoms. The second-order valence-electron chi connectivity index (χ2n) is 8.00. The van der Waals surface area contributed by atoms with Crippen molar-refractivity contribution in [2.75, 3.05) is 37.7 Å². The van der Waals surface area contributed by atoms with Crippen LogP contribution in [-0.2, 0) is 20.9 Å². The lowest BCUT2D eigenvalue weighted by atomic mass is 9.87. The van der Waals surface area contributed by atoms with Crippen LogP contribution in [0.5, 0.6) is 0 Å². The van der Waals surface area contributed by atoms with Gasteiger partial charge in [0, 0.05) is 42.5 Å². The van der Waals surface area contributed by atoms with Crippen molar-refractivity contribution in [1.82, 2.24) is 19.9 Å². The van der Waals surface area contributed by atoms with Crippen molar-refractivity contribution in [3.8, 4) is 0 Å². The van der Waals surface area contributed by atoms with Gasteiger partial charge in [-0.05, 0) is 11.4 Å². The number of aliphatic carboxylic acids is 1. The van der Waals surface area contributed by atoms with Gasteiger partial charge >= 0.3 is 12.1 Å². The molecule has 2 fully saturated rings. The maximum absolute atomic E-state index is 12.7. The van der Waals surface area contributed by atoms with Crippen LogP contribution in [0.15, 0.2) is 29.5 Å². The van der Waals surface area contributed by atoms with Crippen LogP contribution in [0.1, 0.15) is 11.3 Å². The summed E-state index contributed by atoms with van der Waals surface area (Å²) >= 11 is 3.25. The normalized spacial score (nSPS) is 21.0. The van der Waals surface area contributed by atoms with E-state index in [9.17, 15) is 18.0 Å². The molecule has 182 valence electrons. The zero-order chi connectivity index (χ0) is 24.3.